The molecule has 0 saturated heterocycles. The maximum absolute atomic E-state index is 5.57. The van der Waals surface area contributed by atoms with E-state index < -0.39 is 0 Å². The van der Waals surface area contributed by atoms with E-state index in [1.165, 1.54) is 15.3 Å². The molecule has 66 heavy (non-hydrogen) atoms. The van der Waals surface area contributed by atoms with E-state index in [-0.39, 0.29) is 37.4 Å². The van der Waals surface area contributed by atoms with Crippen LogP contribution in [0.2, 0.25) is 0 Å². The predicted molar refractivity (Wildman–Crippen MR) is 309 cm³/mol. The van der Waals surface area contributed by atoms with Crippen LogP contribution in [0.15, 0.2) is 93.5 Å². The fourth-order valence-corrected chi connectivity index (χ4v) is 6.67. The fourth-order valence-electron chi connectivity index (χ4n) is 5.26. The van der Waals surface area contributed by atoms with Crippen molar-refractivity contribution < 1.29 is 4.74 Å². The van der Waals surface area contributed by atoms with Gasteiger partial charge in [-0.25, -0.2) is 0 Å². The van der Waals surface area contributed by atoms with Crippen molar-refractivity contribution in [3.8, 4) is 0 Å². The van der Waals surface area contributed by atoms with Gasteiger partial charge in [0, 0.05) is 28.3 Å². The smallest absolute Gasteiger partial charge is 0.0775 e. The summed E-state index contributed by atoms with van der Waals surface area (Å²) in [6.45, 7) is 65.5. The number of allylic oxidation sites excluding steroid dienone is 7. The summed E-state index contributed by atoms with van der Waals surface area (Å²) in [5.41, 5.74) is 3.42. The minimum Gasteiger partial charge on any atom is -0.376 e. The molecule has 1 aliphatic heterocycles. The molecule has 380 valence electrons. The molecular formula is C62H110N2OS. The monoisotopic (exact) mass is 931 g/mol. The SMILES string of the molecule is CC(C)(C)/C=C\C=C/C(C)(C)C.CC(C)(C)/C=C\C=NC(C)(C)C.CC(C)(C)C=N/C=C\C(C)(C)C.CC(C)(C)SC1=C(C(C)(C)C)CCOC1.CC(C)/C=c1/cccc/c1=C/C(C)(C)C. The van der Waals surface area contributed by atoms with Gasteiger partial charge in [0.2, 0.25) is 0 Å². The van der Waals surface area contributed by atoms with Crippen LogP contribution in [0.5, 0.6) is 0 Å². The van der Waals surface area contributed by atoms with Gasteiger partial charge in [0.25, 0.3) is 0 Å². The molecule has 1 heterocycles. The molecule has 0 bridgehead atoms. The second-order valence-electron chi connectivity index (χ2n) is 27.7. The molecule has 2 rings (SSSR count). The molecule has 0 aliphatic carbocycles. The zero-order valence-corrected chi connectivity index (χ0v) is 50.0. The van der Waals surface area contributed by atoms with Crippen LogP contribution in [-0.4, -0.2) is 35.9 Å². The van der Waals surface area contributed by atoms with Gasteiger partial charge in [0.05, 0.1) is 18.8 Å². The highest BCUT2D eigenvalue weighted by molar-refractivity contribution is 8.04. The van der Waals surface area contributed by atoms with Gasteiger partial charge in [0.15, 0.2) is 0 Å². The number of hydrogen-bond donors (Lipinski definition) is 0. The average Bonchev–Trinajstić information content (AvgIpc) is 3.05. The summed E-state index contributed by atoms with van der Waals surface area (Å²) in [6, 6.07) is 8.60. The molecular weight excluding hydrogens is 821 g/mol. The van der Waals surface area contributed by atoms with Crippen molar-refractivity contribution in [2.45, 2.75) is 217 Å². The normalized spacial score (nSPS) is 16.0. The quantitative estimate of drug-likeness (QED) is 0.218. The van der Waals surface area contributed by atoms with Crippen LogP contribution >= 0.6 is 11.8 Å². The van der Waals surface area contributed by atoms with Gasteiger partial charge < -0.3 is 4.74 Å². The number of ether oxygens (including phenoxy) is 1. The Morgan fingerprint density at radius 3 is 1.35 bits per heavy atom. The van der Waals surface area contributed by atoms with Crippen LogP contribution in [0, 0.1) is 43.8 Å². The van der Waals surface area contributed by atoms with Gasteiger partial charge in [-0.15, -0.1) is 11.8 Å². The van der Waals surface area contributed by atoms with Crippen molar-refractivity contribution in [2.75, 3.05) is 13.2 Å². The van der Waals surface area contributed by atoms with Crippen molar-refractivity contribution in [3.63, 3.8) is 0 Å². The lowest BCUT2D eigenvalue weighted by Gasteiger charge is -2.32. The average molecular weight is 932 g/mol. The molecule has 0 fully saturated rings. The number of thioether (sulfide) groups is 1. The van der Waals surface area contributed by atoms with Gasteiger partial charge in [-0.05, 0) is 87.5 Å². The molecule has 4 heteroatoms. The number of benzene rings is 1. The van der Waals surface area contributed by atoms with E-state index in [9.17, 15) is 0 Å². The van der Waals surface area contributed by atoms with Gasteiger partial charge in [-0.2, -0.15) is 0 Å². The Bertz CT molecular complexity index is 1640. The number of hydrogen-bond acceptors (Lipinski definition) is 4. The largest absolute Gasteiger partial charge is 0.376 e. The second-order valence-corrected chi connectivity index (χ2v) is 29.6. The molecule has 0 saturated carbocycles. The zero-order valence-electron chi connectivity index (χ0n) is 49.1. The van der Waals surface area contributed by atoms with Gasteiger partial charge in [-0.1, -0.05) is 258 Å². The molecule has 0 spiro atoms. The van der Waals surface area contributed by atoms with Crippen LogP contribution < -0.4 is 10.4 Å². The van der Waals surface area contributed by atoms with Crippen molar-refractivity contribution in [1.82, 2.24) is 0 Å². The first kappa shape index (κ1) is 67.6. The maximum Gasteiger partial charge on any atom is 0.0775 e. The summed E-state index contributed by atoms with van der Waals surface area (Å²) in [5, 5.41) is 2.70. The third-order valence-electron chi connectivity index (χ3n) is 8.07. The van der Waals surface area contributed by atoms with E-state index in [4.69, 9.17) is 4.74 Å². The lowest BCUT2D eigenvalue weighted by molar-refractivity contribution is 0.144. The molecule has 3 nitrogen and oxygen atoms in total. The third kappa shape index (κ3) is 50.7. The third-order valence-corrected chi connectivity index (χ3v) is 9.29. The summed E-state index contributed by atoms with van der Waals surface area (Å²) >= 11 is 1.97. The van der Waals surface area contributed by atoms with Gasteiger partial charge in [0.1, 0.15) is 0 Å². The highest BCUT2D eigenvalue weighted by atomic mass is 32.2. The van der Waals surface area contributed by atoms with Crippen LogP contribution in [0.1, 0.15) is 207 Å². The molecule has 0 aromatic heterocycles. The summed E-state index contributed by atoms with van der Waals surface area (Å²) < 4.78 is 5.86. The second kappa shape index (κ2) is 29.4. The minimum absolute atomic E-state index is 0.0439. The lowest BCUT2D eigenvalue weighted by Crippen LogP contribution is -2.26. The molecule has 1 aromatic carbocycles. The molecule has 1 aliphatic rings. The van der Waals surface area contributed by atoms with Crippen molar-refractivity contribution in [3.05, 3.63) is 93.9 Å². The minimum atomic E-state index is 0.0439. The Kier molecular flexibility index (Phi) is 30.1. The van der Waals surface area contributed by atoms with Crippen molar-refractivity contribution >= 4 is 36.3 Å². The number of aliphatic imine (C=N–C) groups is 2. The zero-order chi connectivity index (χ0) is 52.7. The van der Waals surface area contributed by atoms with Crippen LogP contribution in [0.3, 0.4) is 0 Å². The highest BCUT2D eigenvalue weighted by Crippen LogP contribution is 2.42. The Morgan fingerprint density at radius 2 is 0.985 bits per heavy atom. The highest BCUT2D eigenvalue weighted by Gasteiger charge is 2.27. The fraction of sp³-hybridized carbons (Fsp3) is 0.677. The van der Waals surface area contributed by atoms with Crippen molar-refractivity contribution in [1.29, 1.82) is 0 Å². The first-order chi connectivity index (χ1) is 29.2. The topological polar surface area (TPSA) is 34.0 Å². The Labute approximate surface area is 417 Å². The lowest BCUT2D eigenvalue weighted by atomic mass is 9.84. The molecule has 0 radical (unpaired) electrons. The summed E-state index contributed by atoms with van der Waals surface area (Å²) in [4.78, 5) is 10.0. The summed E-state index contributed by atoms with van der Waals surface area (Å²) in [5.74, 6) is 0.597. The molecule has 0 amide bonds. The summed E-state index contributed by atoms with van der Waals surface area (Å²) in [7, 11) is 0. The molecule has 0 N–H and O–H groups in total. The molecule has 0 unspecified atom stereocenters. The number of rotatable bonds is 5. The Hall–Kier alpha value is -2.69. The Morgan fingerprint density at radius 1 is 0.545 bits per heavy atom. The van der Waals surface area contributed by atoms with E-state index >= 15 is 0 Å². The predicted octanol–water partition coefficient (Wildman–Crippen LogP) is 18.5. The molecule has 0 atom stereocenters. The van der Waals surface area contributed by atoms with Crippen LogP contribution in [0.25, 0.3) is 12.2 Å². The van der Waals surface area contributed by atoms with Gasteiger partial charge in [-0.3, -0.25) is 9.98 Å². The first-order valence-corrected chi connectivity index (χ1v) is 25.6. The molecule has 1 aromatic rings. The standard InChI is InChI=1S/C15H22.C13H24OS.C12H22.2C11H21N/c1-12(2)10-13-8-6-7-9-14(13)11-15(3,4)5;1-12(2,3)10-7-8-14-9-11(10)15-13(4,5)6;1-11(2,3)9-7-8-10-12(4,5)6;1-10(2,3)7-8-12-9-11(4,5)6;1-10(2,3)8-7-9-12-11(4,5)6/h6-12H,1-5H3;7-9H2,1-6H3;7-10H,1-6H3;2*7-9H,1-6H3/b13-10-,14-11-;;9-7-,10-8-;2*8-7-,12-9?. The van der Waals surface area contributed by atoms with Crippen LogP contribution in [0.4, 0.5) is 0 Å². The summed E-state index contributed by atoms with van der Waals surface area (Å²) in [6.07, 6.45) is 26.5. The first-order valence-electron chi connectivity index (χ1n) is 24.8. The number of nitrogens with zero attached hydrogens (tertiary/aromatic N) is 2. The van der Waals surface area contributed by atoms with Crippen molar-refractivity contribution in [2.24, 2.45) is 53.8 Å². The van der Waals surface area contributed by atoms with Gasteiger partial charge >= 0.3 is 0 Å². The van der Waals surface area contributed by atoms with E-state index in [1.807, 2.05) is 36.5 Å². The van der Waals surface area contributed by atoms with Crippen LogP contribution in [-0.2, 0) is 4.74 Å². The van der Waals surface area contributed by atoms with E-state index in [0.29, 0.717) is 16.7 Å². The van der Waals surface area contributed by atoms with E-state index in [0.717, 1.165) is 19.6 Å². The maximum atomic E-state index is 5.57. The van der Waals surface area contributed by atoms with E-state index in [2.05, 4.69) is 284 Å². The van der Waals surface area contributed by atoms with E-state index in [1.54, 1.807) is 5.57 Å². The Balaban J connectivity index is -0.000000756.